The maximum atomic E-state index is 14.2. The highest BCUT2D eigenvalue weighted by molar-refractivity contribution is 6.32. The van der Waals surface area contributed by atoms with E-state index in [1.54, 1.807) is 6.07 Å². The third-order valence-corrected chi connectivity index (χ3v) is 9.52. The van der Waals surface area contributed by atoms with Crippen molar-refractivity contribution in [2.24, 2.45) is 17.8 Å². The number of H-pyrrole nitrogens is 1. The van der Waals surface area contributed by atoms with Crippen LogP contribution in [-0.4, -0.2) is 38.2 Å². The molecule has 1 atom stereocenters. The number of halogens is 1. The topological polar surface area (TPSA) is 126 Å². The maximum Gasteiger partial charge on any atom is 0.257 e. The summed E-state index contributed by atoms with van der Waals surface area (Å²) >= 11 is 6.64. The summed E-state index contributed by atoms with van der Waals surface area (Å²) in [6.07, 6.45) is 12.8. The van der Waals surface area contributed by atoms with Gasteiger partial charge in [0.05, 0.1) is 11.4 Å². The second kappa shape index (κ2) is 13.4. The molecule has 0 bridgehead atoms. The molecule has 3 N–H and O–H groups in total. The first kappa shape index (κ1) is 30.3. The van der Waals surface area contributed by atoms with Crippen LogP contribution in [0.1, 0.15) is 111 Å². The summed E-state index contributed by atoms with van der Waals surface area (Å²) < 4.78 is 5.19. The molecule has 0 aliphatic heterocycles. The van der Waals surface area contributed by atoms with E-state index < -0.39 is 6.04 Å². The van der Waals surface area contributed by atoms with E-state index >= 15 is 0 Å². The lowest BCUT2D eigenvalue weighted by atomic mass is 9.66. The summed E-state index contributed by atoms with van der Waals surface area (Å²) in [6.45, 7) is 7.79. The summed E-state index contributed by atoms with van der Waals surface area (Å²) in [7, 11) is 0. The molecule has 3 aromatic heterocycles. The molecule has 2 fully saturated rings. The van der Waals surface area contributed by atoms with Crippen LogP contribution < -0.4 is 10.6 Å². The zero-order valence-electron chi connectivity index (χ0n) is 25.1. The summed E-state index contributed by atoms with van der Waals surface area (Å²) in [6, 6.07) is 2.89. The third-order valence-electron chi connectivity index (χ3n) is 9.23. The van der Waals surface area contributed by atoms with Crippen molar-refractivity contribution in [2.45, 2.75) is 104 Å². The van der Waals surface area contributed by atoms with E-state index in [2.05, 4.69) is 31.0 Å². The molecule has 3 heterocycles. The van der Waals surface area contributed by atoms with Crippen molar-refractivity contribution in [3.8, 4) is 11.1 Å². The number of carbonyl (C=O) groups excluding carboxylic acids is 2. The predicted octanol–water partition coefficient (Wildman–Crippen LogP) is 7.37. The van der Waals surface area contributed by atoms with Crippen molar-refractivity contribution < 1.29 is 14.1 Å². The molecule has 2 saturated carbocycles. The number of aryl methyl sites for hydroxylation is 2. The molecule has 2 aliphatic rings. The van der Waals surface area contributed by atoms with E-state index in [1.807, 2.05) is 33.8 Å². The van der Waals surface area contributed by atoms with Gasteiger partial charge in [0.25, 0.3) is 5.91 Å². The van der Waals surface area contributed by atoms with Crippen molar-refractivity contribution in [3.63, 3.8) is 0 Å². The van der Waals surface area contributed by atoms with E-state index in [-0.39, 0.29) is 28.8 Å². The molecule has 0 radical (unpaired) electrons. The van der Waals surface area contributed by atoms with E-state index in [1.165, 1.54) is 19.1 Å². The normalized spacial score (nSPS) is 17.5. The first-order valence-electron chi connectivity index (χ1n) is 15.5. The maximum absolute atomic E-state index is 14.2. The Balaban J connectivity index is 1.46. The fraction of sp³-hybridized carbons (Fsp3) is 0.594. The minimum absolute atomic E-state index is 0.0108. The average Bonchev–Trinajstić information content (AvgIpc) is 3.61. The Morgan fingerprint density at radius 2 is 1.64 bits per heavy atom. The van der Waals surface area contributed by atoms with E-state index in [0.29, 0.717) is 28.9 Å². The van der Waals surface area contributed by atoms with Gasteiger partial charge >= 0.3 is 0 Å². The molecule has 0 saturated heterocycles. The van der Waals surface area contributed by atoms with Crippen LogP contribution >= 0.6 is 11.6 Å². The van der Waals surface area contributed by atoms with Gasteiger partial charge in [0.15, 0.2) is 0 Å². The van der Waals surface area contributed by atoms with Gasteiger partial charge in [0.1, 0.15) is 28.8 Å². The number of carbonyl (C=O) groups is 2. The van der Waals surface area contributed by atoms with Crippen molar-refractivity contribution in [1.29, 1.82) is 0 Å². The number of rotatable bonds is 9. The summed E-state index contributed by atoms with van der Waals surface area (Å²) in [5.74, 6) is 0.542. The van der Waals surface area contributed by atoms with Crippen LogP contribution in [0.3, 0.4) is 0 Å². The molecule has 2 aliphatic carbocycles. The van der Waals surface area contributed by atoms with Crippen LogP contribution in [-0.2, 0) is 4.79 Å². The SMILES string of the molecule is Cc1n[nH]c(C)c1-c1ccc(NC(=O)[C@@H](NC(=O)c2conc2C(C)C)C(C2CCCCC2)C2CCCCC2)nc1Cl. The zero-order chi connectivity index (χ0) is 29.8. The number of anilines is 1. The molecule has 0 spiro atoms. The van der Waals surface area contributed by atoms with Crippen LogP contribution in [0.15, 0.2) is 22.9 Å². The fourth-order valence-corrected chi connectivity index (χ4v) is 7.45. The molecular formula is C32H43ClN6O3. The molecule has 3 aromatic rings. The number of hydrogen-bond acceptors (Lipinski definition) is 6. The number of hydrogen-bond donors (Lipinski definition) is 3. The summed E-state index contributed by atoms with van der Waals surface area (Å²) in [5.41, 5.74) is 4.35. The smallest absolute Gasteiger partial charge is 0.257 e. The van der Waals surface area contributed by atoms with Crippen LogP contribution in [0.2, 0.25) is 5.15 Å². The molecule has 10 heteroatoms. The van der Waals surface area contributed by atoms with Crippen molar-refractivity contribution in [1.82, 2.24) is 25.7 Å². The molecule has 9 nitrogen and oxygen atoms in total. The van der Waals surface area contributed by atoms with Gasteiger partial charge in [-0.05, 0) is 49.7 Å². The summed E-state index contributed by atoms with van der Waals surface area (Å²) in [5, 5.41) is 17.8. The van der Waals surface area contributed by atoms with E-state index in [0.717, 1.165) is 73.9 Å². The Labute approximate surface area is 253 Å². The molecule has 0 aromatic carbocycles. The van der Waals surface area contributed by atoms with Gasteiger partial charge in [-0.25, -0.2) is 4.98 Å². The van der Waals surface area contributed by atoms with E-state index in [9.17, 15) is 9.59 Å². The number of pyridine rings is 1. The molecule has 0 unspecified atom stereocenters. The van der Waals surface area contributed by atoms with Crippen LogP contribution in [0.5, 0.6) is 0 Å². The van der Waals surface area contributed by atoms with Gasteiger partial charge in [-0.15, -0.1) is 0 Å². The van der Waals surface area contributed by atoms with Crippen molar-refractivity contribution >= 4 is 29.2 Å². The zero-order valence-corrected chi connectivity index (χ0v) is 25.9. The molecule has 5 rings (SSSR count). The lowest BCUT2D eigenvalue weighted by Crippen LogP contribution is -2.53. The second-order valence-electron chi connectivity index (χ2n) is 12.4. The van der Waals surface area contributed by atoms with E-state index in [4.69, 9.17) is 16.1 Å². The largest absolute Gasteiger partial charge is 0.364 e. The Morgan fingerprint density at radius 3 is 2.19 bits per heavy atom. The molecule has 42 heavy (non-hydrogen) atoms. The lowest BCUT2D eigenvalue weighted by Gasteiger charge is -2.41. The van der Waals surface area contributed by atoms with Gasteiger partial charge in [-0.3, -0.25) is 14.7 Å². The first-order valence-corrected chi connectivity index (χ1v) is 15.9. The Kier molecular flexibility index (Phi) is 9.66. The Morgan fingerprint density at radius 1 is 1.00 bits per heavy atom. The van der Waals surface area contributed by atoms with Gasteiger partial charge < -0.3 is 15.2 Å². The highest BCUT2D eigenvalue weighted by Gasteiger charge is 2.41. The third kappa shape index (κ3) is 6.56. The second-order valence-corrected chi connectivity index (χ2v) is 12.8. The van der Waals surface area contributed by atoms with Crippen molar-refractivity contribution in [2.75, 3.05) is 5.32 Å². The Bertz CT molecular complexity index is 1350. The number of nitrogens with one attached hydrogen (secondary N) is 3. The molecular weight excluding hydrogens is 552 g/mol. The van der Waals surface area contributed by atoms with Gasteiger partial charge in [-0.1, -0.05) is 94.8 Å². The number of amides is 2. The van der Waals surface area contributed by atoms with Crippen LogP contribution in [0.4, 0.5) is 5.82 Å². The monoisotopic (exact) mass is 594 g/mol. The molecule has 226 valence electrons. The van der Waals surface area contributed by atoms with Gasteiger partial charge in [-0.2, -0.15) is 5.10 Å². The number of aromatic amines is 1. The van der Waals surface area contributed by atoms with Crippen LogP contribution in [0.25, 0.3) is 11.1 Å². The highest BCUT2D eigenvalue weighted by Crippen LogP contribution is 2.42. The minimum atomic E-state index is -0.725. The molecule has 2 amide bonds. The van der Waals surface area contributed by atoms with Gasteiger partial charge in [0, 0.05) is 16.8 Å². The quantitative estimate of drug-likeness (QED) is 0.222. The number of aromatic nitrogens is 4. The minimum Gasteiger partial charge on any atom is -0.364 e. The lowest BCUT2D eigenvalue weighted by molar-refractivity contribution is -0.121. The fourth-order valence-electron chi connectivity index (χ4n) is 7.20. The first-order chi connectivity index (χ1) is 20.2. The summed E-state index contributed by atoms with van der Waals surface area (Å²) in [4.78, 5) is 32.5. The Hall–Kier alpha value is -3.20. The number of nitrogens with zero attached hydrogens (tertiary/aromatic N) is 3. The van der Waals surface area contributed by atoms with Crippen LogP contribution in [0, 0.1) is 31.6 Å². The van der Waals surface area contributed by atoms with Crippen molar-refractivity contribution in [3.05, 3.63) is 46.2 Å². The van der Waals surface area contributed by atoms with Gasteiger partial charge in [0.2, 0.25) is 5.91 Å². The average molecular weight is 595 g/mol. The standard InChI is InChI=1S/C32H43ClN6O3/c1-18(2)28-24(17-42-39-28)31(40)36-29(27(21-11-7-5-8-12-21)22-13-9-6-10-14-22)32(41)35-25-16-15-23(30(33)34-25)26-19(3)37-38-20(26)4/h15-18,21-22,27,29H,5-14H2,1-4H3,(H,36,40)(H,37,38)(H,34,35,41)/t29-/m0/s1. The highest BCUT2D eigenvalue weighted by atomic mass is 35.5. The predicted molar refractivity (Wildman–Crippen MR) is 163 cm³/mol.